The van der Waals surface area contributed by atoms with Gasteiger partial charge in [-0.2, -0.15) is 0 Å². The molecule has 4 heteroatoms. The van der Waals surface area contributed by atoms with Crippen LogP contribution in [0.15, 0.2) is 18.2 Å². The molecule has 1 rings (SSSR count). The molecule has 0 heterocycles. The monoisotopic (exact) mass is 278 g/mol. The lowest BCUT2D eigenvalue weighted by Gasteiger charge is -2.17. The third kappa shape index (κ3) is 4.85. The Labute approximate surface area is 121 Å². The second-order valence-electron chi connectivity index (χ2n) is 5.22. The van der Waals surface area contributed by atoms with Crippen LogP contribution in [0.2, 0.25) is 0 Å². The molecule has 0 fully saturated rings. The number of nitrogens with one attached hydrogen (secondary N) is 1. The maximum absolute atomic E-state index is 11.9. The van der Waals surface area contributed by atoms with E-state index in [2.05, 4.69) is 12.2 Å². The number of hydrogen-bond acceptors (Lipinski definition) is 3. The summed E-state index contributed by atoms with van der Waals surface area (Å²) in [7, 11) is 0. The minimum atomic E-state index is -0.494. The standard InChI is InChI=1S/C16H26N2O2/c1-5-6-9-18-16(19)13(4)20-15-8-7-14(12(3)17)10-11(15)2/h7-8,10,12-13H,5-6,9,17H2,1-4H3,(H,18,19)/t12-,13?/m0/s1. The van der Waals surface area contributed by atoms with E-state index in [0.717, 1.165) is 29.7 Å². The average molecular weight is 278 g/mol. The van der Waals surface area contributed by atoms with Crippen LogP contribution in [0.3, 0.4) is 0 Å². The van der Waals surface area contributed by atoms with Crippen molar-refractivity contribution < 1.29 is 9.53 Å². The van der Waals surface area contributed by atoms with Crippen molar-refractivity contribution in [1.29, 1.82) is 0 Å². The summed E-state index contributed by atoms with van der Waals surface area (Å²) < 4.78 is 5.72. The summed E-state index contributed by atoms with van der Waals surface area (Å²) in [6.45, 7) is 8.46. The quantitative estimate of drug-likeness (QED) is 0.754. The zero-order valence-electron chi connectivity index (χ0n) is 12.9. The van der Waals surface area contributed by atoms with Crippen molar-refractivity contribution in [1.82, 2.24) is 5.32 Å². The topological polar surface area (TPSA) is 64.3 Å². The summed E-state index contributed by atoms with van der Waals surface area (Å²) in [6.07, 6.45) is 1.56. The predicted octanol–water partition coefficient (Wildman–Crippen LogP) is 2.70. The number of hydrogen-bond donors (Lipinski definition) is 2. The van der Waals surface area contributed by atoms with Crippen molar-refractivity contribution >= 4 is 5.91 Å². The first-order valence-corrected chi connectivity index (χ1v) is 7.26. The van der Waals surface area contributed by atoms with E-state index in [9.17, 15) is 4.79 Å². The van der Waals surface area contributed by atoms with E-state index in [-0.39, 0.29) is 11.9 Å². The number of benzene rings is 1. The fourth-order valence-electron chi connectivity index (χ4n) is 1.86. The average Bonchev–Trinajstić information content (AvgIpc) is 2.40. The van der Waals surface area contributed by atoms with Crippen LogP contribution < -0.4 is 15.8 Å². The van der Waals surface area contributed by atoms with Crippen LogP contribution in [0.25, 0.3) is 0 Å². The highest BCUT2D eigenvalue weighted by atomic mass is 16.5. The molecule has 2 atom stereocenters. The van der Waals surface area contributed by atoms with E-state index in [1.165, 1.54) is 0 Å². The second-order valence-corrected chi connectivity index (χ2v) is 5.22. The first-order valence-electron chi connectivity index (χ1n) is 7.26. The fourth-order valence-corrected chi connectivity index (χ4v) is 1.86. The van der Waals surface area contributed by atoms with Gasteiger partial charge in [0.15, 0.2) is 6.10 Å². The molecule has 0 aromatic heterocycles. The first-order chi connectivity index (χ1) is 9.45. The van der Waals surface area contributed by atoms with Crippen molar-refractivity contribution in [2.75, 3.05) is 6.54 Å². The third-order valence-corrected chi connectivity index (χ3v) is 3.23. The Hall–Kier alpha value is -1.55. The molecule has 0 saturated carbocycles. The lowest BCUT2D eigenvalue weighted by Crippen LogP contribution is -2.36. The van der Waals surface area contributed by atoms with Crippen molar-refractivity contribution in [2.24, 2.45) is 5.73 Å². The Morgan fingerprint density at radius 3 is 2.65 bits per heavy atom. The lowest BCUT2D eigenvalue weighted by atomic mass is 10.1. The van der Waals surface area contributed by atoms with Crippen molar-refractivity contribution in [3.63, 3.8) is 0 Å². The molecule has 0 aliphatic carbocycles. The summed E-state index contributed by atoms with van der Waals surface area (Å²) in [6, 6.07) is 5.82. The van der Waals surface area contributed by atoms with Gasteiger partial charge in [-0.15, -0.1) is 0 Å². The molecule has 1 aromatic rings. The number of carbonyl (C=O) groups excluding carboxylic acids is 1. The fraction of sp³-hybridized carbons (Fsp3) is 0.562. The van der Waals surface area contributed by atoms with Crippen LogP contribution >= 0.6 is 0 Å². The number of unbranched alkanes of at least 4 members (excludes halogenated alkanes) is 1. The van der Waals surface area contributed by atoms with Gasteiger partial charge in [-0.25, -0.2) is 0 Å². The number of amides is 1. The van der Waals surface area contributed by atoms with Crippen molar-refractivity contribution in [3.8, 4) is 5.75 Å². The zero-order chi connectivity index (χ0) is 15.1. The minimum absolute atomic E-state index is 0.00230. The molecule has 0 aliphatic heterocycles. The van der Waals surface area contributed by atoms with E-state index >= 15 is 0 Å². The highest BCUT2D eigenvalue weighted by Gasteiger charge is 2.15. The van der Waals surface area contributed by atoms with Crippen LogP contribution in [0.1, 0.15) is 50.8 Å². The Morgan fingerprint density at radius 1 is 1.40 bits per heavy atom. The summed E-state index contributed by atoms with van der Waals surface area (Å²) >= 11 is 0. The molecule has 3 N–H and O–H groups in total. The molecule has 0 saturated heterocycles. The van der Waals surface area contributed by atoms with Gasteiger partial charge in [0.05, 0.1) is 0 Å². The molecule has 20 heavy (non-hydrogen) atoms. The summed E-state index contributed by atoms with van der Waals surface area (Å²) in [5.41, 5.74) is 7.90. The molecule has 0 radical (unpaired) electrons. The molecular formula is C16H26N2O2. The van der Waals surface area contributed by atoms with Gasteiger partial charge in [0.1, 0.15) is 5.75 Å². The number of aryl methyl sites for hydroxylation is 1. The second kappa shape index (κ2) is 7.90. The van der Waals surface area contributed by atoms with Gasteiger partial charge in [0.25, 0.3) is 5.91 Å². The third-order valence-electron chi connectivity index (χ3n) is 3.23. The minimum Gasteiger partial charge on any atom is -0.481 e. The number of rotatable bonds is 7. The van der Waals surface area contributed by atoms with Crippen LogP contribution in [0, 0.1) is 6.92 Å². The Balaban J connectivity index is 2.61. The summed E-state index contributed by atoms with van der Waals surface area (Å²) in [5, 5.41) is 2.87. The number of nitrogens with two attached hydrogens (primary N) is 1. The van der Waals surface area contributed by atoms with E-state index in [4.69, 9.17) is 10.5 Å². The highest BCUT2D eigenvalue weighted by molar-refractivity contribution is 5.80. The molecular weight excluding hydrogens is 252 g/mol. The van der Waals surface area contributed by atoms with E-state index in [0.29, 0.717) is 6.54 Å². The van der Waals surface area contributed by atoms with E-state index < -0.39 is 6.10 Å². The van der Waals surface area contributed by atoms with Gasteiger partial charge in [-0.1, -0.05) is 25.5 Å². The van der Waals surface area contributed by atoms with Gasteiger partial charge >= 0.3 is 0 Å². The number of carbonyl (C=O) groups is 1. The summed E-state index contributed by atoms with van der Waals surface area (Å²) in [4.78, 5) is 11.9. The largest absolute Gasteiger partial charge is 0.481 e. The highest BCUT2D eigenvalue weighted by Crippen LogP contribution is 2.22. The van der Waals surface area contributed by atoms with Gasteiger partial charge in [0.2, 0.25) is 0 Å². The Kier molecular flexibility index (Phi) is 6.52. The molecule has 0 spiro atoms. The lowest BCUT2D eigenvalue weighted by molar-refractivity contribution is -0.127. The normalized spacial score (nSPS) is 13.7. The van der Waals surface area contributed by atoms with Crippen LogP contribution in [-0.2, 0) is 4.79 Å². The smallest absolute Gasteiger partial charge is 0.260 e. The van der Waals surface area contributed by atoms with Gasteiger partial charge in [-0.3, -0.25) is 4.79 Å². The van der Waals surface area contributed by atoms with E-state index in [1.54, 1.807) is 6.92 Å². The SMILES string of the molecule is CCCCNC(=O)C(C)Oc1ccc([C@H](C)N)cc1C. The number of ether oxygens (including phenoxy) is 1. The van der Waals surface area contributed by atoms with Crippen LogP contribution in [0.4, 0.5) is 0 Å². The zero-order valence-corrected chi connectivity index (χ0v) is 12.9. The molecule has 4 nitrogen and oxygen atoms in total. The molecule has 1 aromatic carbocycles. The maximum Gasteiger partial charge on any atom is 0.260 e. The molecule has 1 unspecified atom stereocenters. The van der Waals surface area contributed by atoms with Gasteiger partial charge < -0.3 is 15.8 Å². The molecule has 0 aliphatic rings. The first kappa shape index (κ1) is 16.5. The van der Waals surface area contributed by atoms with Crippen LogP contribution in [-0.4, -0.2) is 18.6 Å². The van der Waals surface area contributed by atoms with E-state index in [1.807, 2.05) is 32.0 Å². The molecule has 1 amide bonds. The van der Waals surface area contributed by atoms with Crippen molar-refractivity contribution in [3.05, 3.63) is 29.3 Å². The summed E-state index contributed by atoms with van der Waals surface area (Å²) in [5.74, 6) is 0.654. The predicted molar refractivity (Wildman–Crippen MR) is 81.8 cm³/mol. The Bertz CT molecular complexity index is 444. The van der Waals surface area contributed by atoms with Gasteiger partial charge in [-0.05, 0) is 44.4 Å². The van der Waals surface area contributed by atoms with Gasteiger partial charge in [0, 0.05) is 12.6 Å². The molecule has 0 bridgehead atoms. The maximum atomic E-state index is 11.9. The Morgan fingerprint density at radius 2 is 2.10 bits per heavy atom. The molecule has 112 valence electrons. The van der Waals surface area contributed by atoms with Crippen LogP contribution in [0.5, 0.6) is 5.75 Å². The van der Waals surface area contributed by atoms with Crippen molar-refractivity contribution in [2.45, 2.75) is 52.7 Å².